The molecule has 0 amide bonds. The standard InChI is InChI=1S/C14H19N5O/c1-2-15-11-6-4-10(5-7-11)14-18-13(19-20-14)12-16-8-3-9-17-12/h3,8-11,15H,2,4-7H2,1H3. The molecule has 1 fully saturated rings. The van der Waals surface area contributed by atoms with Gasteiger partial charge in [0.05, 0.1) is 0 Å². The van der Waals surface area contributed by atoms with Crippen LogP contribution in [0.2, 0.25) is 0 Å². The zero-order valence-corrected chi connectivity index (χ0v) is 11.6. The van der Waals surface area contributed by atoms with Crippen LogP contribution in [0.4, 0.5) is 0 Å². The van der Waals surface area contributed by atoms with Gasteiger partial charge in [0.25, 0.3) is 0 Å². The first-order valence-corrected chi connectivity index (χ1v) is 7.21. The summed E-state index contributed by atoms with van der Waals surface area (Å²) >= 11 is 0. The Morgan fingerprint density at radius 1 is 1.15 bits per heavy atom. The van der Waals surface area contributed by atoms with Crippen molar-refractivity contribution in [2.75, 3.05) is 6.54 Å². The van der Waals surface area contributed by atoms with E-state index >= 15 is 0 Å². The Bertz CT molecular complexity index is 534. The van der Waals surface area contributed by atoms with Gasteiger partial charge in [0.2, 0.25) is 17.5 Å². The predicted octanol–water partition coefficient (Wildman–Crippen LogP) is 2.16. The number of nitrogens with zero attached hydrogens (tertiary/aromatic N) is 4. The van der Waals surface area contributed by atoms with Crippen molar-refractivity contribution in [2.45, 2.75) is 44.6 Å². The Balaban J connectivity index is 1.66. The van der Waals surface area contributed by atoms with E-state index in [9.17, 15) is 0 Å². The molecule has 0 aromatic carbocycles. The SMILES string of the molecule is CCNC1CCC(c2nc(-c3ncccn3)no2)CC1. The largest absolute Gasteiger partial charge is 0.339 e. The van der Waals surface area contributed by atoms with Gasteiger partial charge in [-0.25, -0.2) is 9.97 Å². The molecule has 2 aromatic heterocycles. The van der Waals surface area contributed by atoms with E-state index in [0.29, 0.717) is 23.6 Å². The lowest BCUT2D eigenvalue weighted by Gasteiger charge is -2.26. The zero-order valence-electron chi connectivity index (χ0n) is 11.6. The van der Waals surface area contributed by atoms with E-state index in [4.69, 9.17) is 4.52 Å². The van der Waals surface area contributed by atoms with Crippen molar-refractivity contribution < 1.29 is 4.52 Å². The third-order valence-corrected chi connectivity index (χ3v) is 3.78. The molecule has 0 spiro atoms. The van der Waals surface area contributed by atoms with Crippen LogP contribution >= 0.6 is 0 Å². The molecule has 2 heterocycles. The maximum Gasteiger partial charge on any atom is 0.240 e. The van der Waals surface area contributed by atoms with Crippen molar-refractivity contribution in [3.63, 3.8) is 0 Å². The van der Waals surface area contributed by atoms with Gasteiger partial charge in [0.15, 0.2) is 0 Å². The van der Waals surface area contributed by atoms with E-state index in [1.165, 1.54) is 0 Å². The highest BCUT2D eigenvalue weighted by atomic mass is 16.5. The maximum absolute atomic E-state index is 5.39. The molecule has 1 saturated carbocycles. The molecular weight excluding hydrogens is 254 g/mol. The van der Waals surface area contributed by atoms with Crippen LogP contribution < -0.4 is 5.32 Å². The van der Waals surface area contributed by atoms with Crippen molar-refractivity contribution in [3.8, 4) is 11.6 Å². The summed E-state index contributed by atoms with van der Waals surface area (Å²) in [5.41, 5.74) is 0. The number of nitrogens with one attached hydrogen (secondary N) is 1. The highest BCUT2D eigenvalue weighted by molar-refractivity contribution is 5.40. The minimum atomic E-state index is 0.370. The number of hydrogen-bond acceptors (Lipinski definition) is 6. The minimum Gasteiger partial charge on any atom is -0.339 e. The fourth-order valence-corrected chi connectivity index (χ4v) is 2.74. The molecule has 20 heavy (non-hydrogen) atoms. The summed E-state index contributed by atoms with van der Waals surface area (Å²) in [7, 11) is 0. The monoisotopic (exact) mass is 273 g/mol. The van der Waals surface area contributed by atoms with Gasteiger partial charge in [-0.2, -0.15) is 4.98 Å². The summed E-state index contributed by atoms with van der Waals surface area (Å²) < 4.78 is 5.39. The van der Waals surface area contributed by atoms with Crippen LogP contribution in [0, 0.1) is 0 Å². The Hall–Kier alpha value is -1.82. The predicted molar refractivity (Wildman–Crippen MR) is 74.0 cm³/mol. The first kappa shape index (κ1) is 13.2. The molecule has 2 aromatic rings. The highest BCUT2D eigenvalue weighted by Gasteiger charge is 2.26. The maximum atomic E-state index is 5.39. The topological polar surface area (TPSA) is 76.7 Å². The summed E-state index contributed by atoms with van der Waals surface area (Å²) in [6.45, 7) is 3.18. The number of rotatable bonds is 4. The molecule has 0 saturated heterocycles. The van der Waals surface area contributed by atoms with Crippen molar-refractivity contribution >= 4 is 0 Å². The van der Waals surface area contributed by atoms with Crippen LogP contribution in [-0.4, -0.2) is 32.7 Å². The summed E-state index contributed by atoms with van der Waals surface area (Å²) in [5, 5.41) is 7.49. The van der Waals surface area contributed by atoms with Gasteiger partial charge in [0.1, 0.15) is 0 Å². The first-order valence-electron chi connectivity index (χ1n) is 7.21. The van der Waals surface area contributed by atoms with E-state index in [1.54, 1.807) is 18.5 Å². The highest BCUT2D eigenvalue weighted by Crippen LogP contribution is 2.32. The first-order chi connectivity index (χ1) is 9.86. The normalized spacial score (nSPS) is 22.9. The fraction of sp³-hybridized carbons (Fsp3) is 0.571. The molecule has 106 valence electrons. The minimum absolute atomic E-state index is 0.370. The van der Waals surface area contributed by atoms with Crippen LogP contribution in [0.15, 0.2) is 23.0 Å². The number of hydrogen-bond donors (Lipinski definition) is 1. The van der Waals surface area contributed by atoms with Crippen molar-refractivity contribution in [3.05, 3.63) is 24.4 Å². The molecule has 1 aliphatic rings. The van der Waals surface area contributed by atoms with Gasteiger partial charge in [-0.05, 0) is 38.3 Å². The molecule has 0 radical (unpaired) electrons. The molecule has 1 aliphatic carbocycles. The molecule has 0 aliphatic heterocycles. The second kappa shape index (κ2) is 6.09. The molecule has 6 nitrogen and oxygen atoms in total. The van der Waals surface area contributed by atoms with E-state index in [-0.39, 0.29) is 0 Å². The molecular formula is C14H19N5O. The van der Waals surface area contributed by atoms with Gasteiger partial charge < -0.3 is 9.84 Å². The Kier molecular flexibility index (Phi) is 4.01. The van der Waals surface area contributed by atoms with E-state index < -0.39 is 0 Å². The van der Waals surface area contributed by atoms with E-state index in [2.05, 4.69) is 32.3 Å². The second-order valence-electron chi connectivity index (χ2n) is 5.13. The quantitative estimate of drug-likeness (QED) is 0.920. The van der Waals surface area contributed by atoms with Crippen LogP contribution in [0.5, 0.6) is 0 Å². The Labute approximate surface area is 118 Å². The summed E-state index contributed by atoms with van der Waals surface area (Å²) in [5.74, 6) is 2.09. The third kappa shape index (κ3) is 2.85. The van der Waals surface area contributed by atoms with E-state index in [1.807, 2.05) is 0 Å². The molecule has 0 unspecified atom stereocenters. The van der Waals surface area contributed by atoms with Crippen LogP contribution in [0.25, 0.3) is 11.6 Å². The number of aromatic nitrogens is 4. The van der Waals surface area contributed by atoms with Gasteiger partial charge in [-0.1, -0.05) is 12.1 Å². The van der Waals surface area contributed by atoms with Gasteiger partial charge >= 0.3 is 0 Å². The summed E-state index contributed by atoms with van der Waals surface area (Å²) in [6, 6.07) is 2.41. The smallest absolute Gasteiger partial charge is 0.240 e. The van der Waals surface area contributed by atoms with Crippen LogP contribution in [0.1, 0.15) is 44.4 Å². The van der Waals surface area contributed by atoms with E-state index in [0.717, 1.165) is 38.1 Å². The molecule has 1 N–H and O–H groups in total. The fourth-order valence-electron chi connectivity index (χ4n) is 2.74. The Morgan fingerprint density at radius 3 is 2.60 bits per heavy atom. The molecule has 3 rings (SSSR count). The van der Waals surface area contributed by atoms with Gasteiger partial charge in [0, 0.05) is 24.4 Å². The van der Waals surface area contributed by atoms with Crippen molar-refractivity contribution in [1.29, 1.82) is 0 Å². The van der Waals surface area contributed by atoms with Crippen molar-refractivity contribution in [2.24, 2.45) is 0 Å². The average Bonchev–Trinajstić information content (AvgIpc) is 2.99. The lowest BCUT2D eigenvalue weighted by atomic mass is 9.86. The molecule has 6 heteroatoms. The molecule has 0 bridgehead atoms. The second-order valence-corrected chi connectivity index (χ2v) is 5.13. The van der Waals surface area contributed by atoms with Crippen molar-refractivity contribution in [1.82, 2.24) is 25.4 Å². The third-order valence-electron chi connectivity index (χ3n) is 3.78. The summed E-state index contributed by atoms with van der Waals surface area (Å²) in [4.78, 5) is 12.7. The van der Waals surface area contributed by atoms with Gasteiger partial charge in [-0.15, -0.1) is 0 Å². The van der Waals surface area contributed by atoms with Gasteiger partial charge in [-0.3, -0.25) is 0 Å². The zero-order chi connectivity index (χ0) is 13.8. The molecule has 0 atom stereocenters. The summed E-state index contributed by atoms with van der Waals surface area (Å²) in [6.07, 6.45) is 7.87. The lowest BCUT2D eigenvalue weighted by molar-refractivity contribution is 0.284. The lowest BCUT2D eigenvalue weighted by Crippen LogP contribution is -2.32. The van der Waals surface area contributed by atoms with Crippen LogP contribution in [0.3, 0.4) is 0 Å². The van der Waals surface area contributed by atoms with Crippen LogP contribution in [-0.2, 0) is 0 Å². The Morgan fingerprint density at radius 2 is 1.90 bits per heavy atom. The average molecular weight is 273 g/mol.